The molecular weight excluding hydrogens is 242 g/mol. The fourth-order valence-corrected chi connectivity index (χ4v) is 1.40. The van der Waals surface area contributed by atoms with E-state index in [2.05, 4.69) is 10.1 Å². The third-order valence-corrected chi connectivity index (χ3v) is 2.30. The molecule has 0 spiro atoms. The minimum Gasteiger partial charge on any atom is -0.434 e. The molecule has 1 rings (SSSR count). The average molecular weight is 258 g/mol. The van der Waals surface area contributed by atoms with E-state index in [1.165, 1.54) is 6.07 Å². The Bertz CT molecular complexity index is 423. The molecule has 0 aliphatic heterocycles. The molecule has 0 aliphatic carbocycles. The molecule has 0 bridgehead atoms. The first kappa shape index (κ1) is 14.4. The first-order valence-corrected chi connectivity index (χ1v) is 5.47. The van der Waals surface area contributed by atoms with E-state index >= 15 is 0 Å². The van der Waals surface area contributed by atoms with Crippen LogP contribution in [-0.4, -0.2) is 18.6 Å². The van der Waals surface area contributed by atoms with E-state index in [0.717, 1.165) is 5.56 Å². The van der Waals surface area contributed by atoms with Crippen LogP contribution in [0.3, 0.4) is 0 Å². The number of aryl methyl sites for hydroxylation is 1. The Kier molecular flexibility index (Phi) is 5.03. The van der Waals surface area contributed by atoms with Crippen molar-refractivity contribution in [2.75, 3.05) is 0 Å². The topological polar surface area (TPSA) is 64.3 Å². The lowest BCUT2D eigenvalue weighted by Gasteiger charge is -2.13. The monoisotopic (exact) mass is 258 g/mol. The van der Waals surface area contributed by atoms with Crippen LogP contribution >= 0.6 is 0 Å². The van der Waals surface area contributed by atoms with Crippen molar-refractivity contribution in [2.45, 2.75) is 33.0 Å². The standard InChI is InChI=1S/C12H16F2N2O2/c1-7-3-4-10(18-12(13)14)9(5-7)6-16-11(17)8(2)15/h3-5,8,12H,6,15H2,1-2H3,(H,16,17)/t8-/m1/s1. The van der Waals surface area contributed by atoms with Crippen LogP contribution in [-0.2, 0) is 11.3 Å². The molecular formula is C12H16F2N2O2. The summed E-state index contributed by atoms with van der Waals surface area (Å²) in [6.07, 6.45) is 0. The van der Waals surface area contributed by atoms with Crippen molar-refractivity contribution in [2.24, 2.45) is 5.73 Å². The maximum atomic E-state index is 12.2. The number of ether oxygens (including phenoxy) is 1. The van der Waals surface area contributed by atoms with Gasteiger partial charge in [-0.25, -0.2) is 0 Å². The van der Waals surface area contributed by atoms with Gasteiger partial charge in [0.1, 0.15) is 5.75 Å². The van der Waals surface area contributed by atoms with E-state index in [-0.39, 0.29) is 18.2 Å². The fraction of sp³-hybridized carbons (Fsp3) is 0.417. The number of benzene rings is 1. The van der Waals surface area contributed by atoms with E-state index in [4.69, 9.17) is 5.73 Å². The molecule has 1 aromatic carbocycles. The van der Waals surface area contributed by atoms with Gasteiger partial charge in [0.15, 0.2) is 0 Å². The lowest BCUT2D eigenvalue weighted by molar-refractivity contribution is -0.122. The van der Waals surface area contributed by atoms with Gasteiger partial charge in [0.2, 0.25) is 5.91 Å². The van der Waals surface area contributed by atoms with Crippen LogP contribution < -0.4 is 15.8 Å². The second kappa shape index (κ2) is 6.30. The Labute approximate surface area is 104 Å². The summed E-state index contributed by atoms with van der Waals surface area (Å²) in [5.41, 5.74) is 6.77. The number of nitrogens with two attached hydrogens (primary N) is 1. The lowest BCUT2D eigenvalue weighted by atomic mass is 10.1. The predicted molar refractivity (Wildman–Crippen MR) is 63.3 cm³/mol. The maximum Gasteiger partial charge on any atom is 0.387 e. The van der Waals surface area contributed by atoms with E-state index in [9.17, 15) is 13.6 Å². The zero-order valence-corrected chi connectivity index (χ0v) is 10.2. The molecule has 4 nitrogen and oxygen atoms in total. The van der Waals surface area contributed by atoms with Gasteiger partial charge in [0.25, 0.3) is 0 Å². The molecule has 0 fully saturated rings. The van der Waals surface area contributed by atoms with Crippen molar-refractivity contribution in [1.29, 1.82) is 0 Å². The molecule has 1 amide bonds. The summed E-state index contributed by atoms with van der Waals surface area (Å²) in [6.45, 7) is 0.575. The van der Waals surface area contributed by atoms with Crippen molar-refractivity contribution in [1.82, 2.24) is 5.32 Å². The molecule has 1 aromatic rings. The van der Waals surface area contributed by atoms with Gasteiger partial charge in [-0.3, -0.25) is 4.79 Å². The van der Waals surface area contributed by atoms with Crippen molar-refractivity contribution < 1.29 is 18.3 Å². The van der Waals surface area contributed by atoms with Crippen molar-refractivity contribution >= 4 is 5.91 Å². The third kappa shape index (κ3) is 4.29. The number of carbonyl (C=O) groups is 1. The SMILES string of the molecule is Cc1ccc(OC(F)F)c(CNC(=O)[C@@H](C)N)c1. The Balaban J connectivity index is 2.79. The molecule has 1 atom stereocenters. The van der Waals surface area contributed by atoms with E-state index in [1.807, 2.05) is 6.92 Å². The molecule has 0 heterocycles. The number of nitrogens with one attached hydrogen (secondary N) is 1. The summed E-state index contributed by atoms with van der Waals surface area (Å²) in [5, 5.41) is 2.55. The van der Waals surface area contributed by atoms with Crippen LogP contribution in [0.15, 0.2) is 18.2 Å². The number of carbonyl (C=O) groups excluding carboxylic acids is 1. The Morgan fingerprint density at radius 2 is 2.17 bits per heavy atom. The van der Waals surface area contributed by atoms with Crippen LogP contribution in [0.2, 0.25) is 0 Å². The minimum absolute atomic E-state index is 0.0561. The summed E-state index contributed by atoms with van der Waals surface area (Å²) in [7, 11) is 0. The number of amides is 1. The summed E-state index contributed by atoms with van der Waals surface area (Å²) in [5.74, 6) is -0.292. The normalized spacial score (nSPS) is 12.3. The summed E-state index contributed by atoms with van der Waals surface area (Å²) in [4.78, 5) is 11.3. The van der Waals surface area contributed by atoms with Gasteiger partial charge >= 0.3 is 6.61 Å². The smallest absolute Gasteiger partial charge is 0.387 e. The molecule has 100 valence electrons. The van der Waals surface area contributed by atoms with E-state index < -0.39 is 12.7 Å². The van der Waals surface area contributed by atoms with Gasteiger partial charge in [-0.15, -0.1) is 0 Å². The average Bonchev–Trinajstić information content (AvgIpc) is 2.28. The minimum atomic E-state index is -2.89. The van der Waals surface area contributed by atoms with Crippen LogP contribution in [0.25, 0.3) is 0 Å². The molecule has 0 saturated heterocycles. The lowest BCUT2D eigenvalue weighted by Crippen LogP contribution is -2.37. The number of alkyl halides is 2. The highest BCUT2D eigenvalue weighted by Gasteiger charge is 2.12. The van der Waals surface area contributed by atoms with Gasteiger partial charge in [-0.2, -0.15) is 8.78 Å². The van der Waals surface area contributed by atoms with Crippen LogP contribution in [0.4, 0.5) is 8.78 Å². The third-order valence-electron chi connectivity index (χ3n) is 2.30. The Hall–Kier alpha value is -1.69. The zero-order valence-electron chi connectivity index (χ0n) is 10.2. The van der Waals surface area contributed by atoms with Gasteiger partial charge in [0.05, 0.1) is 6.04 Å². The quantitative estimate of drug-likeness (QED) is 0.842. The second-order valence-corrected chi connectivity index (χ2v) is 4.00. The van der Waals surface area contributed by atoms with Gasteiger partial charge < -0.3 is 15.8 Å². The highest BCUT2D eigenvalue weighted by Crippen LogP contribution is 2.21. The highest BCUT2D eigenvalue weighted by molar-refractivity contribution is 5.80. The zero-order chi connectivity index (χ0) is 13.7. The fourth-order valence-electron chi connectivity index (χ4n) is 1.40. The molecule has 0 saturated carbocycles. The summed E-state index contributed by atoms with van der Waals surface area (Å²) >= 11 is 0. The Morgan fingerprint density at radius 1 is 1.50 bits per heavy atom. The van der Waals surface area contributed by atoms with Crippen molar-refractivity contribution in [3.63, 3.8) is 0 Å². The number of hydrogen-bond donors (Lipinski definition) is 2. The van der Waals surface area contributed by atoms with Crippen LogP contribution in [0.1, 0.15) is 18.1 Å². The van der Waals surface area contributed by atoms with Crippen molar-refractivity contribution in [3.8, 4) is 5.75 Å². The molecule has 6 heteroatoms. The first-order valence-electron chi connectivity index (χ1n) is 5.47. The molecule has 0 radical (unpaired) electrons. The number of rotatable bonds is 5. The van der Waals surface area contributed by atoms with Gasteiger partial charge in [0, 0.05) is 12.1 Å². The number of halogens is 2. The molecule has 0 aromatic heterocycles. The molecule has 0 unspecified atom stereocenters. The Morgan fingerprint density at radius 3 is 2.72 bits per heavy atom. The second-order valence-electron chi connectivity index (χ2n) is 4.00. The predicted octanol–water partition coefficient (Wildman–Crippen LogP) is 1.56. The van der Waals surface area contributed by atoms with Crippen LogP contribution in [0, 0.1) is 6.92 Å². The van der Waals surface area contributed by atoms with Crippen LogP contribution in [0.5, 0.6) is 5.75 Å². The first-order chi connectivity index (χ1) is 8.40. The van der Waals surface area contributed by atoms with Gasteiger partial charge in [-0.1, -0.05) is 17.7 Å². The molecule has 18 heavy (non-hydrogen) atoms. The largest absolute Gasteiger partial charge is 0.434 e. The highest BCUT2D eigenvalue weighted by atomic mass is 19.3. The molecule has 3 N–H and O–H groups in total. The maximum absolute atomic E-state index is 12.2. The number of hydrogen-bond acceptors (Lipinski definition) is 3. The summed E-state index contributed by atoms with van der Waals surface area (Å²) < 4.78 is 28.8. The van der Waals surface area contributed by atoms with E-state index in [0.29, 0.717) is 5.56 Å². The van der Waals surface area contributed by atoms with Crippen molar-refractivity contribution in [3.05, 3.63) is 29.3 Å². The van der Waals surface area contributed by atoms with Gasteiger partial charge in [-0.05, 0) is 19.9 Å². The van der Waals surface area contributed by atoms with E-state index in [1.54, 1.807) is 19.1 Å². The molecule has 0 aliphatic rings. The summed E-state index contributed by atoms with van der Waals surface area (Å²) in [6, 6.07) is 4.15.